The molecule has 4 nitrogen and oxygen atoms in total. The number of carbonyl (C=O) groups excluding carboxylic acids is 1. The molecule has 0 aliphatic carbocycles. The minimum absolute atomic E-state index is 0.0349. The van der Waals surface area contributed by atoms with Crippen LogP contribution in [-0.4, -0.2) is 16.0 Å². The average Bonchev–Trinajstić information content (AvgIpc) is 3.33. The van der Waals surface area contributed by atoms with E-state index in [4.69, 9.17) is 0 Å². The Morgan fingerprint density at radius 2 is 1.73 bits per heavy atom. The molecule has 1 amide bonds. The number of thiazole rings is 1. The Bertz CT molecular complexity index is 1040. The van der Waals surface area contributed by atoms with Gasteiger partial charge in [-0.05, 0) is 35.4 Å². The number of para-hydroxylation sites is 1. The van der Waals surface area contributed by atoms with E-state index in [1.165, 1.54) is 11.3 Å². The summed E-state index contributed by atoms with van der Waals surface area (Å²) in [6.07, 6.45) is 0. The zero-order chi connectivity index (χ0) is 17.9. The standard InChI is InChI=1S/C20H16N2O2S2/c23-12-14-6-2-1-5-13(14)11-21-19(24)17-9-10-18(25-17)20-22-15-7-3-4-8-16(15)26-20/h1-10,23H,11-12H2,(H,21,24). The lowest BCUT2D eigenvalue weighted by Crippen LogP contribution is -2.22. The summed E-state index contributed by atoms with van der Waals surface area (Å²) in [5, 5.41) is 13.2. The molecule has 0 aliphatic rings. The van der Waals surface area contributed by atoms with Crippen molar-refractivity contribution in [2.45, 2.75) is 13.2 Å². The van der Waals surface area contributed by atoms with E-state index in [0.29, 0.717) is 11.4 Å². The van der Waals surface area contributed by atoms with Crippen LogP contribution in [0.2, 0.25) is 0 Å². The molecule has 4 rings (SSSR count). The molecule has 0 fully saturated rings. The zero-order valence-corrected chi connectivity index (χ0v) is 15.4. The molecule has 2 heterocycles. The van der Waals surface area contributed by atoms with Crippen molar-refractivity contribution in [2.75, 3.05) is 0 Å². The first-order valence-electron chi connectivity index (χ1n) is 8.16. The maximum absolute atomic E-state index is 12.5. The Labute approximate surface area is 158 Å². The Balaban J connectivity index is 1.49. The molecule has 26 heavy (non-hydrogen) atoms. The quantitative estimate of drug-likeness (QED) is 0.538. The van der Waals surface area contributed by atoms with Gasteiger partial charge in [0, 0.05) is 6.54 Å². The Kier molecular flexibility index (Phi) is 4.79. The van der Waals surface area contributed by atoms with Gasteiger partial charge in [0.25, 0.3) is 5.91 Å². The number of aliphatic hydroxyl groups is 1. The fourth-order valence-corrected chi connectivity index (χ4v) is 4.64. The van der Waals surface area contributed by atoms with Crippen LogP contribution in [0.3, 0.4) is 0 Å². The van der Waals surface area contributed by atoms with Crippen molar-refractivity contribution >= 4 is 38.8 Å². The highest BCUT2D eigenvalue weighted by atomic mass is 32.1. The number of hydrogen-bond acceptors (Lipinski definition) is 5. The molecule has 0 aliphatic heterocycles. The monoisotopic (exact) mass is 380 g/mol. The van der Waals surface area contributed by atoms with E-state index in [-0.39, 0.29) is 12.5 Å². The summed E-state index contributed by atoms with van der Waals surface area (Å²) < 4.78 is 1.14. The number of benzene rings is 2. The molecule has 0 saturated heterocycles. The summed E-state index contributed by atoms with van der Waals surface area (Å²) in [5.74, 6) is -0.116. The van der Waals surface area contributed by atoms with E-state index >= 15 is 0 Å². The van der Waals surface area contributed by atoms with Gasteiger partial charge in [0.15, 0.2) is 0 Å². The van der Waals surface area contributed by atoms with Crippen LogP contribution in [0.25, 0.3) is 20.1 Å². The SMILES string of the molecule is O=C(NCc1ccccc1CO)c1ccc(-c2nc3ccccc3s2)s1. The number of rotatable bonds is 5. The van der Waals surface area contributed by atoms with Gasteiger partial charge in [0.05, 0.1) is 26.6 Å². The highest BCUT2D eigenvalue weighted by Gasteiger charge is 2.13. The van der Waals surface area contributed by atoms with Gasteiger partial charge >= 0.3 is 0 Å². The van der Waals surface area contributed by atoms with Gasteiger partial charge < -0.3 is 10.4 Å². The molecule has 0 spiro atoms. The fourth-order valence-electron chi connectivity index (χ4n) is 2.70. The number of aromatic nitrogens is 1. The molecule has 2 aromatic heterocycles. The summed E-state index contributed by atoms with van der Waals surface area (Å²) >= 11 is 3.07. The first-order valence-corrected chi connectivity index (χ1v) is 9.79. The van der Waals surface area contributed by atoms with E-state index in [1.54, 1.807) is 11.3 Å². The van der Waals surface area contributed by atoms with Gasteiger partial charge in [-0.2, -0.15) is 0 Å². The van der Waals surface area contributed by atoms with Crippen LogP contribution in [0.15, 0.2) is 60.7 Å². The van der Waals surface area contributed by atoms with Crippen molar-refractivity contribution in [2.24, 2.45) is 0 Å². The van der Waals surface area contributed by atoms with Crippen molar-refractivity contribution in [1.29, 1.82) is 0 Å². The molecule has 2 aromatic carbocycles. The third-order valence-electron chi connectivity index (χ3n) is 4.06. The predicted molar refractivity (Wildman–Crippen MR) is 106 cm³/mol. The number of amides is 1. The first-order chi connectivity index (χ1) is 12.7. The number of hydrogen-bond donors (Lipinski definition) is 2. The molecule has 6 heteroatoms. The summed E-state index contributed by atoms with van der Waals surface area (Å²) in [6.45, 7) is 0.358. The number of nitrogens with zero attached hydrogens (tertiary/aromatic N) is 1. The summed E-state index contributed by atoms with van der Waals surface area (Å²) in [7, 11) is 0. The van der Waals surface area contributed by atoms with Crippen molar-refractivity contribution < 1.29 is 9.90 Å². The molecular formula is C20H16N2O2S2. The van der Waals surface area contributed by atoms with Crippen LogP contribution in [0, 0.1) is 0 Å². The topological polar surface area (TPSA) is 62.2 Å². The van der Waals surface area contributed by atoms with Crippen molar-refractivity contribution in [1.82, 2.24) is 10.3 Å². The van der Waals surface area contributed by atoms with Crippen molar-refractivity contribution in [3.63, 3.8) is 0 Å². The third-order valence-corrected chi connectivity index (χ3v) is 6.35. The van der Waals surface area contributed by atoms with Crippen LogP contribution >= 0.6 is 22.7 Å². The van der Waals surface area contributed by atoms with E-state index in [2.05, 4.69) is 16.4 Å². The maximum Gasteiger partial charge on any atom is 0.261 e. The number of aliphatic hydroxyl groups excluding tert-OH is 1. The van der Waals surface area contributed by atoms with Gasteiger partial charge in [0.1, 0.15) is 5.01 Å². The minimum Gasteiger partial charge on any atom is -0.392 e. The van der Waals surface area contributed by atoms with E-state index < -0.39 is 0 Å². The molecule has 0 unspecified atom stereocenters. The molecule has 2 N–H and O–H groups in total. The van der Waals surface area contributed by atoms with Gasteiger partial charge in [-0.1, -0.05) is 36.4 Å². The second-order valence-corrected chi connectivity index (χ2v) is 7.87. The lowest BCUT2D eigenvalue weighted by molar-refractivity contribution is 0.0954. The second-order valence-electron chi connectivity index (χ2n) is 5.76. The largest absolute Gasteiger partial charge is 0.392 e. The molecule has 0 bridgehead atoms. The maximum atomic E-state index is 12.5. The Morgan fingerprint density at radius 3 is 2.54 bits per heavy atom. The second kappa shape index (κ2) is 7.37. The van der Waals surface area contributed by atoms with E-state index in [0.717, 1.165) is 31.2 Å². The van der Waals surface area contributed by atoms with Gasteiger partial charge in [0.2, 0.25) is 0 Å². The highest BCUT2D eigenvalue weighted by Crippen LogP contribution is 2.34. The van der Waals surface area contributed by atoms with E-state index in [9.17, 15) is 9.90 Å². The van der Waals surface area contributed by atoms with Gasteiger partial charge in [-0.15, -0.1) is 22.7 Å². The lowest BCUT2D eigenvalue weighted by atomic mass is 10.1. The van der Waals surface area contributed by atoms with Crippen LogP contribution < -0.4 is 5.32 Å². The predicted octanol–water partition coefficient (Wildman–Crippen LogP) is 4.45. The summed E-state index contributed by atoms with van der Waals surface area (Å²) in [6, 6.07) is 19.3. The van der Waals surface area contributed by atoms with Crippen LogP contribution in [0.1, 0.15) is 20.8 Å². The lowest BCUT2D eigenvalue weighted by Gasteiger charge is -2.08. The fraction of sp³-hybridized carbons (Fsp3) is 0.100. The minimum atomic E-state index is -0.116. The molecule has 130 valence electrons. The Hall–Kier alpha value is -2.54. The Morgan fingerprint density at radius 1 is 0.962 bits per heavy atom. The molecule has 4 aromatic rings. The molecule has 0 atom stereocenters. The van der Waals surface area contributed by atoms with E-state index in [1.807, 2.05) is 54.6 Å². The van der Waals surface area contributed by atoms with Crippen molar-refractivity contribution in [3.8, 4) is 9.88 Å². The van der Waals surface area contributed by atoms with Crippen LogP contribution in [0.4, 0.5) is 0 Å². The zero-order valence-electron chi connectivity index (χ0n) is 13.8. The van der Waals surface area contributed by atoms with Crippen molar-refractivity contribution in [3.05, 3.63) is 76.7 Å². The normalized spacial score (nSPS) is 11.0. The number of fused-ring (bicyclic) bond motifs is 1. The molecule has 0 saturated carbocycles. The van der Waals surface area contributed by atoms with Crippen LogP contribution in [0.5, 0.6) is 0 Å². The molecule has 0 radical (unpaired) electrons. The van der Waals surface area contributed by atoms with Crippen LogP contribution in [-0.2, 0) is 13.2 Å². The number of nitrogens with one attached hydrogen (secondary N) is 1. The molecular weight excluding hydrogens is 364 g/mol. The summed E-state index contributed by atoms with van der Waals surface area (Å²) in [5.41, 5.74) is 2.73. The number of carbonyl (C=O) groups is 1. The highest BCUT2D eigenvalue weighted by molar-refractivity contribution is 7.26. The number of thiophene rings is 1. The van der Waals surface area contributed by atoms with Gasteiger partial charge in [-0.3, -0.25) is 4.79 Å². The van der Waals surface area contributed by atoms with Gasteiger partial charge in [-0.25, -0.2) is 4.98 Å². The first kappa shape index (κ1) is 16.9. The smallest absolute Gasteiger partial charge is 0.261 e. The third kappa shape index (κ3) is 3.39. The average molecular weight is 380 g/mol. The summed E-state index contributed by atoms with van der Waals surface area (Å²) in [4.78, 5) is 18.7.